The van der Waals surface area contributed by atoms with Crippen molar-refractivity contribution in [2.24, 2.45) is 0 Å². The molecule has 2 aromatic carbocycles. The Morgan fingerprint density at radius 1 is 1.00 bits per heavy atom. The van der Waals surface area contributed by atoms with Crippen molar-refractivity contribution in [3.05, 3.63) is 59.7 Å². The van der Waals surface area contributed by atoms with Crippen molar-refractivity contribution in [2.45, 2.75) is 57.6 Å². The van der Waals surface area contributed by atoms with E-state index in [1.807, 2.05) is 24.3 Å². The summed E-state index contributed by atoms with van der Waals surface area (Å²) in [5.74, 6) is -0.903. The van der Waals surface area contributed by atoms with Crippen LogP contribution in [0.4, 0.5) is 4.79 Å². The minimum Gasteiger partial charge on any atom is -0.480 e. The molecule has 1 aliphatic rings. The van der Waals surface area contributed by atoms with Crippen LogP contribution in [0.25, 0.3) is 11.1 Å². The van der Waals surface area contributed by atoms with Crippen LogP contribution in [0.3, 0.4) is 0 Å². The van der Waals surface area contributed by atoms with Crippen LogP contribution in [0.2, 0.25) is 0 Å². The molecule has 0 aliphatic heterocycles. The van der Waals surface area contributed by atoms with Crippen molar-refractivity contribution in [1.29, 1.82) is 0 Å². The Hall–Kier alpha value is -2.90. The first kappa shape index (κ1) is 23.8. The van der Waals surface area contributed by atoms with E-state index in [4.69, 9.17) is 9.57 Å². The number of aliphatic carboxylic acids is 1. The Balaban J connectivity index is 1.45. The van der Waals surface area contributed by atoms with Gasteiger partial charge in [-0.2, -0.15) is 5.48 Å². The van der Waals surface area contributed by atoms with Gasteiger partial charge in [-0.1, -0.05) is 48.5 Å². The highest BCUT2D eigenvalue weighted by atomic mass is 16.6. The Morgan fingerprint density at radius 2 is 1.59 bits per heavy atom. The SMILES string of the molecule is CC(C)(C)OC(=O)NCCCC[C@H](NOCC1c2ccccc2-c2ccccc21)C(=O)O. The molecule has 0 spiro atoms. The summed E-state index contributed by atoms with van der Waals surface area (Å²) in [5, 5.41) is 12.2. The second-order valence-corrected chi connectivity index (χ2v) is 8.97. The molecule has 3 N–H and O–H groups in total. The summed E-state index contributed by atoms with van der Waals surface area (Å²) in [6.45, 7) is 6.19. The van der Waals surface area contributed by atoms with E-state index in [1.54, 1.807) is 20.8 Å². The zero-order valence-electron chi connectivity index (χ0n) is 18.9. The largest absolute Gasteiger partial charge is 0.480 e. The van der Waals surface area contributed by atoms with Gasteiger partial charge in [0.25, 0.3) is 0 Å². The lowest BCUT2D eigenvalue weighted by molar-refractivity contribution is -0.144. The number of benzene rings is 2. The number of hydrogen-bond acceptors (Lipinski definition) is 5. The summed E-state index contributed by atoms with van der Waals surface area (Å²) in [7, 11) is 0. The van der Waals surface area contributed by atoms with E-state index in [1.165, 1.54) is 22.3 Å². The van der Waals surface area contributed by atoms with E-state index in [9.17, 15) is 14.7 Å². The van der Waals surface area contributed by atoms with Gasteiger partial charge in [0.05, 0.1) is 6.61 Å². The first-order chi connectivity index (χ1) is 15.3. The maximum absolute atomic E-state index is 11.6. The second-order valence-electron chi connectivity index (χ2n) is 8.97. The van der Waals surface area contributed by atoms with Gasteiger partial charge in [-0.05, 0) is 62.3 Å². The fraction of sp³-hybridized carbons (Fsp3) is 0.440. The van der Waals surface area contributed by atoms with Crippen molar-refractivity contribution in [3.63, 3.8) is 0 Å². The fourth-order valence-corrected chi connectivity index (χ4v) is 3.88. The number of carboxylic acids is 1. The topological polar surface area (TPSA) is 96.9 Å². The van der Waals surface area contributed by atoms with E-state index >= 15 is 0 Å². The molecule has 1 aliphatic carbocycles. The third kappa shape index (κ3) is 6.31. The van der Waals surface area contributed by atoms with Crippen LogP contribution in [-0.2, 0) is 14.4 Å². The van der Waals surface area contributed by atoms with Gasteiger partial charge in [-0.15, -0.1) is 0 Å². The quantitative estimate of drug-likeness (QED) is 0.373. The smallest absolute Gasteiger partial charge is 0.407 e. The number of amides is 1. The van der Waals surface area contributed by atoms with Gasteiger partial charge in [0.15, 0.2) is 0 Å². The van der Waals surface area contributed by atoms with E-state index in [0.717, 1.165) is 0 Å². The third-order valence-electron chi connectivity index (χ3n) is 5.32. The number of carbonyl (C=O) groups excluding carboxylic acids is 1. The van der Waals surface area contributed by atoms with Crippen molar-refractivity contribution in [3.8, 4) is 11.1 Å². The molecule has 0 saturated carbocycles. The van der Waals surface area contributed by atoms with Gasteiger partial charge in [0.2, 0.25) is 0 Å². The maximum Gasteiger partial charge on any atom is 0.407 e. The predicted octanol–water partition coefficient (Wildman–Crippen LogP) is 4.47. The average molecular weight is 441 g/mol. The van der Waals surface area contributed by atoms with Crippen molar-refractivity contribution >= 4 is 12.1 Å². The highest BCUT2D eigenvalue weighted by Gasteiger charge is 2.28. The summed E-state index contributed by atoms with van der Waals surface area (Å²) in [5.41, 5.74) is 6.96. The number of rotatable bonds is 10. The lowest BCUT2D eigenvalue weighted by atomic mass is 9.98. The molecule has 172 valence electrons. The van der Waals surface area contributed by atoms with Crippen molar-refractivity contribution < 1.29 is 24.3 Å². The van der Waals surface area contributed by atoms with Gasteiger partial charge in [-0.3, -0.25) is 9.63 Å². The number of ether oxygens (including phenoxy) is 1. The Kier molecular flexibility index (Phi) is 7.88. The van der Waals surface area contributed by atoms with Gasteiger partial charge in [0.1, 0.15) is 11.6 Å². The number of nitrogens with one attached hydrogen (secondary N) is 2. The van der Waals surface area contributed by atoms with Gasteiger partial charge in [0, 0.05) is 12.5 Å². The normalized spacial score (nSPS) is 13.8. The summed E-state index contributed by atoms with van der Waals surface area (Å²) in [4.78, 5) is 29.0. The van der Waals surface area contributed by atoms with Gasteiger partial charge in [-0.25, -0.2) is 4.79 Å². The van der Waals surface area contributed by atoms with Crippen LogP contribution in [-0.4, -0.2) is 42.0 Å². The molecule has 2 aromatic rings. The van der Waals surface area contributed by atoms with Crippen LogP contribution in [0.15, 0.2) is 48.5 Å². The maximum atomic E-state index is 11.6. The van der Waals surface area contributed by atoms with E-state index < -0.39 is 23.7 Å². The number of hydroxylamine groups is 1. The highest BCUT2D eigenvalue weighted by Crippen LogP contribution is 2.44. The number of hydrogen-bond donors (Lipinski definition) is 3. The number of carboxylic acid groups (broad SMARTS) is 1. The standard InChI is InChI=1S/C25H32N2O5/c1-25(2,3)32-24(30)26-15-9-8-14-22(23(28)29)27-31-16-21-19-12-6-4-10-17(19)18-11-5-7-13-20(18)21/h4-7,10-13,21-22,27H,8-9,14-16H2,1-3H3,(H,26,30)(H,28,29)/t22-/m0/s1. The van der Waals surface area contributed by atoms with Gasteiger partial charge < -0.3 is 15.2 Å². The zero-order valence-corrected chi connectivity index (χ0v) is 18.9. The van der Waals surface area contributed by atoms with Crippen LogP contribution in [0, 0.1) is 0 Å². The fourth-order valence-electron chi connectivity index (χ4n) is 3.88. The minimum atomic E-state index is -0.961. The predicted molar refractivity (Wildman–Crippen MR) is 122 cm³/mol. The van der Waals surface area contributed by atoms with E-state index in [-0.39, 0.29) is 5.92 Å². The zero-order chi connectivity index (χ0) is 23.1. The molecule has 0 fully saturated rings. The molecule has 0 bridgehead atoms. The summed E-state index contributed by atoms with van der Waals surface area (Å²) in [6, 6.07) is 15.6. The second kappa shape index (κ2) is 10.6. The molecular weight excluding hydrogens is 408 g/mol. The molecule has 32 heavy (non-hydrogen) atoms. The molecule has 3 rings (SSSR count). The Morgan fingerprint density at radius 3 is 2.16 bits per heavy atom. The molecule has 1 amide bonds. The summed E-state index contributed by atoms with van der Waals surface area (Å²) < 4.78 is 5.18. The van der Waals surface area contributed by atoms with E-state index in [0.29, 0.717) is 32.4 Å². The number of unbranched alkanes of at least 4 members (excludes halogenated alkanes) is 1. The summed E-state index contributed by atoms with van der Waals surface area (Å²) >= 11 is 0. The molecule has 0 saturated heterocycles. The molecule has 0 heterocycles. The monoisotopic (exact) mass is 440 g/mol. The van der Waals surface area contributed by atoms with Crippen LogP contribution >= 0.6 is 0 Å². The molecule has 1 atom stereocenters. The summed E-state index contributed by atoms with van der Waals surface area (Å²) in [6.07, 6.45) is 1.20. The van der Waals surface area contributed by atoms with Gasteiger partial charge >= 0.3 is 12.1 Å². The molecular formula is C25H32N2O5. The number of fused-ring (bicyclic) bond motifs is 3. The van der Waals surface area contributed by atoms with E-state index in [2.05, 4.69) is 35.1 Å². The van der Waals surface area contributed by atoms with Crippen molar-refractivity contribution in [2.75, 3.05) is 13.2 Å². The number of carbonyl (C=O) groups is 2. The van der Waals surface area contributed by atoms with Crippen LogP contribution in [0.1, 0.15) is 57.1 Å². The van der Waals surface area contributed by atoms with Crippen LogP contribution in [0.5, 0.6) is 0 Å². The molecule has 0 radical (unpaired) electrons. The lowest BCUT2D eigenvalue weighted by Crippen LogP contribution is -2.37. The highest BCUT2D eigenvalue weighted by molar-refractivity contribution is 5.78. The lowest BCUT2D eigenvalue weighted by Gasteiger charge is -2.20. The van der Waals surface area contributed by atoms with Crippen LogP contribution < -0.4 is 10.8 Å². The first-order valence-electron chi connectivity index (χ1n) is 11.0. The first-order valence-corrected chi connectivity index (χ1v) is 11.0. The molecule has 7 heteroatoms. The number of alkyl carbamates (subject to hydrolysis) is 1. The molecule has 7 nitrogen and oxygen atoms in total. The third-order valence-corrected chi connectivity index (χ3v) is 5.32. The molecule has 0 aromatic heterocycles. The minimum absolute atomic E-state index is 0.0578. The Bertz CT molecular complexity index is 892. The molecule has 0 unspecified atom stereocenters. The Labute approximate surface area is 189 Å². The van der Waals surface area contributed by atoms with Crippen molar-refractivity contribution in [1.82, 2.24) is 10.8 Å². The average Bonchev–Trinajstić information content (AvgIpc) is 3.05.